The van der Waals surface area contributed by atoms with E-state index in [-0.39, 0.29) is 18.1 Å². The van der Waals surface area contributed by atoms with E-state index in [1.165, 1.54) is 0 Å². The second kappa shape index (κ2) is 6.86. The molecule has 0 saturated carbocycles. The molecule has 94 valence electrons. The summed E-state index contributed by atoms with van der Waals surface area (Å²) in [4.78, 5) is 11.8. The molecule has 3 unspecified atom stereocenters. The Morgan fingerprint density at radius 2 is 2.31 bits per heavy atom. The van der Waals surface area contributed by atoms with Crippen molar-refractivity contribution in [3.63, 3.8) is 0 Å². The first-order valence-corrected chi connectivity index (χ1v) is 6.16. The number of nitrogens with one attached hydrogen (secondary N) is 1. The molecule has 1 aliphatic heterocycles. The molecule has 1 fully saturated rings. The highest BCUT2D eigenvalue weighted by molar-refractivity contribution is 5.76. The van der Waals surface area contributed by atoms with Gasteiger partial charge in [0.2, 0.25) is 0 Å². The molecule has 0 bridgehead atoms. The number of carbonyl (C=O) groups is 1. The van der Waals surface area contributed by atoms with Gasteiger partial charge in [-0.25, -0.2) is 0 Å². The van der Waals surface area contributed by atoms with Gasteiger partial charge < -0.3 is 14.8 Å². The summed E-state index contributed by atoms with van der Waals surface area (Å²) in [5.41, 5.74) is 0. The van der Waals surface area contributed by atoms with Crippen LogP contribution in [0.15, 0.2) is 0 Å². The van der Waals surface area contributed by atoms with Gasteiger partial charge in [-0.2, -0.15) is 0 Å². The number of ether oxygens (including phenoxy) is 2. The fraction of sp³-hybridized carbons (Fsp3) is 0.917. The first-order chi connectivity index (χ1) is 7.65. The smallest absolute Gasteiger partial charge is 0.323 e. The van der Waals surface area contributed by atoms with Crippen LogP contribution in [0.1, 0.15) is 33.6 Å². The minimum atomic E-state index is -0.164. The van der Waals surface area contributed by atoms with Crippen molar-refractivity contribution in [2.45, 2.75) is 45.8 Å². The molecule has 0 radical (unpaired) electrons. The molecule has 0 aliphatic carbocycles. The fourth-order valence-corrected chi connectivity index (χ4v) is 1.95. The molecule has 1 rings (SSSR count). The first-order valence-electron chi connectivity index (χ1n) is 6.16. The second-order valence-electron chi connectivity index (χ2n) is 4.46. The van der Waals surface area contributed by atoms with E-state index in [0.29, 0.717) is 19.1 Å². The summed E-state index contributed by atoms with van der Waals surface area (Å²) in [6.07, 6.45) is 2.06. The zero-order valence-corrected chi connectivity index (χ0v) is 10.5. The molecule has 3 atom stereocenters. The average molecular weight is 229 g/mol. The molecule has 1 aliphatic rings. The van der Waals surface area contributed by atoms with Crippen LogP contribution < -0.4 is 5.32 Å². The van der Waals surface area contributed by atoms with Crippen LogP contribution in [0.2, 0.25) is 0 Å². The van der Waals surface area contributed by atoms with Gasteiger partial charge in [0.05, 0.1) is 6.61 Å². The van der Waals surface area contributed by atoms with Crippen LogP contribution in [0.4, 0.5) is 0 Å². The molecule has 0 aromatic rings. The Labute approximate surface area is 97.7 Å². The maximum Gasteiger partial charge on any atom is 0.323 e. The maximum atomic E-state index is 11.8. The lowest BCUT2D eigenvalue weighted by Crippen LogP contribution is -2.47. The largest absolute Gasteiger partial charge is 0.459 e. The molecule has 4 nitrogen and oxygen atoms in total. The van der Waals surface area contributed by atoms with Gasteiger partial charge >= 0.3 is 5.97 Å². The van der Waals surface area contributed by atoms with Crippen molar-refractivity contribution in [3.05, 3.63) is 0 Å². The normalized spacial score (nSPS) is 27.4. The highest BCUT2D eigenvalue weighted by Crippen LogP contribution is 2.17. The van der Waals surface area contributed by atoms with E-state index in [4.69, 9.17) is 9.47 Å². The van der Waals surface area contributed by atoms with E-state index in [2.05, 4.69) is 12.2 Å². The van der Waals surface area contributed by atoms with Crippen LogP contribution in [0.25, 0.3) is 0 Å². The molecule has 1 heterocycles. The average Bonchev–Trinajstić information content (AvgIpc) is 2.26. The van der Waals surface area contributed by atoms with Crippen molar-refractivity contribution in [2.75, 3.05) is 19.8 Å². The standard InChI is InChI=1S/C12H23NO3/c1-4-15-8-10(3)16-12(14)11-9(2)6-5-7-13-11/h9-11,13H,4-8H2,1-3H3. The maximum absolute atomic E-state index is 11.8. The van der Waals surface area contributed by atoms with E-state index in [1.807, 2.05) is 13.8 Å². The van der Waals surface area contributed by atoms with Crippen LogP contribution in [0.3, 0.4) is 0 Å². The van der Waals surface area contributed by atoms with Crippen LogP contribution in [0.5, 0.6) is 0 Å². The number of esters is 1. The SMILES string of the molecule is CCOCC(C)OC(=O)C1NCCCC1C. The zero-order chi connectivity index (χ0) is 12.0. The summed E-state index contributed by atoms with van der Waals surface area (Å²) in [6, 6.07) is -0.141. The van der Waals surface area contributed by atoms with Crippen molar-refractivity contribution in [1.29, 1.82) is 0 Å². The van der Waals surface area contributed by atoms with Crippen LogP contribution in [-0.2, 0) is 14.3 Å². The quantitative estimate of drug-likeness (QED) is 0.723. The van der Waals surface area contributed by atoms with E-state index < -0.39 is 0 Å². The monoisotopic (exact) mass is 229 g/mol. The van der Waals surface area contributed by atoms with Crippen LogP contribution >= 0.6 is 0 Å². The van der Waals surface area contributed by atoms with Gasteiger partial charge in [-0.15, -0.1) is 0 Å². The van der Waals surface area contributed by atoms with Gasteiger partial charge in [-0.1, -0.05) is 6.92 Å². The molecule has 4 heteroatoms. The molecular formula is C12H23NO3. The van der Waals surface area contributed by atoms with Gasteiger partial charge in [-0.3, -0.25) is 4.79 Å². The fourth-order valence-electron chi connectivity index (χ4n) is 1.95. The highest BCUT2D eigenvalue weighted by atomic mass is 16.6. The Balaban J connectivity index is 2.32. The second-order valence-corrected chi connectivity index (χ2v) is 4.46. The predicted octanol–water partition coefficient (Wildman–Crippen LogP) is 1.34. The summed E-state index contributed by atoms with van der Waals surface area (Å²) < 4.78 is 10.5. The van der Waals surface area contributed by atoms with Crippen molar-refractivity contribution in [1.82, 2.24) is 5.32 Å². The Bertz CT molecular complexity index is 220. The molecule has 1 N–H and O–H groups in total. The van der Waals surface area contributed by atoms with E-state index in [0.717, 1.165) is 19.4 Å². The van der Waals surface area contributed by atoms with Gasteiger partial charge in [-0.05, 0) is 39.2 Å². The highest BCUT2D eigenvalue weighted by Gasteiger charge is 2.29. The third-order valence-corrected chi connectivity index (χ3v) is 2.90. The van der Waals surface area contributed by atoms with Crippen LogP contribution in [-0.4, -0.2) is 37.9 Å². The van der Waals surface area contributed by atoms with Crippen molar-refractivity contribution < 1.29 is 14.3 Å². The Morgan fingerprint density at radius 1 is 1.56 bits per heavy atom. The molecule has 16 heavy (non-hydrogen) atoms. The lowest BCUT2D eigenvalue weighted by molar-refractivity contribution is -0.155. The summed E-state index contributed by atoms with van der Waals surface area (Å²) >= 11 is 0. The van der Waals surface area contributed by atoms with E-state index >= 15 is 0 Å². The van der Waals surface area contributed by atoms with Crippen LogP contribution in [0, 0.1) is 5.92 Å². The van der Waals surface area contributed by atoms with Crippen molar-refractivity contribution >= 4 is 5.97 Å². The van der Waals surface area contributed by atoms with Crippen molar-refractivity contribution in [2.24, 2.45) is 5.92 Å². The number of rotatable bonds is 5. The Morgan fingerprint density at radius 3 is 2.94 bits per heavy atom. The Hall–Kier alpha value is -0.610. The number of piperidine rings is 1. The minimum Gasteiger partial charge on any atom is -0.459 e. The molecule has 0 aromatic heterocycles. The summed E-state index contributed by atoms with van der Waals surface area (Å²) in [7, 11) is 0. The lowest BCUT2D eigenvalue weighted by atomic mass is 9.93. The minimum absolute atomic E-state index is 0.139. The lowest BCUT2D eigenvalue weighted by Gasteiger charge is -2.29. The zero-order valence-electron chi connectivity index (χ0n) is 10.5. The van der Waals surface area contributed by atoms with Gasteiger partial charge in [0.1, 0.15) is 12.1 Å². The molecule has 1 saturated heterocycles. The van der Waals surface area contributed by atoms with Gasteiger partial charge in [0.25, 0.3) is 0 Å². The molecule has 0 spiro atoms. The third kappa shape index (κ3) is 4.10. The third-order valence-electron chi connectivity index (χ3n) is 2.90. The first kappa shape index (κ1) is 13.5. The van der Waals surface area contributed by atoms with E-state index in [1.54, 1.807) is 0 Å². The van der Waals surface area contributed by atoms with E-state index in [9.17, 15) is 4.79 Å². The number of hydrogen-bond donors (Lipinski definition) is 1. The summed E-state index contributed by atoms with van der Waals surface area (Å²) in [5, 5.41) is 3.21. The van der Waals surface area contributed by atoms with Crippen molar-refractivity contribution in [3.8, 4) is 0 Å². The summed E-state index contributed by atoms with van der Waals surface area (Å²) in [6.45, 7) is 7.92. The Kier molecular flexibility index (Phi) is 5.77. The van der Waals surface area contributed by atoms with Gasteiger partial charge in [0, 0.05) is 6.61 Å². The number of hydrogen-bond acceptors (Lipinski definition) is 4. The topological polar surface area (TPSA) is 47.6 Å². The predicted molar refractivity (Wildman–Crippen MR) is 62.2 cm³/mol. The number of carbonyl (C=O) groups excluding carboxylic acids is 1. The molecule has 0 amide bonds. The molecular weight excluding hydrogens is 206 g/mol. The summed E-state index contributed by atoms with van der Waals surface area (Å²) in [5.74, 6) is 0.222. The molecule has 0 aromatic carbocycles. The van der Waals surface area contributed by atoms with Gasteiger partial charge in [0.15, 0.2) is 0 Å².